The van der Waals surface area contributed by atoms with Gasteiger partial charge in [-0.1, -0.05) is 6.92 Å². The molecule has 0 radical (unpaired) electrons. The fourth-order valence-electron chi connectivity index (χ4n) is 2.55. The van der Waals surface area contributed by atoms with Crippen LogP contribution < -0.4 is 20.9 Å². The van der Waals surface area contributed by atoms with Gasteiger partial charge in [0.05, 0.1) is 6.10 Å². The van der Waals surface area contributed by atoms with Crippen LogP contribution in [0.25, 0.3) is 0 Å². The highest BCUT2D eigenvalue weighted by molar-refractivity contribution is 5.99. The average molecular weight is 395 g/mol. The Morgan fingerprint density at radius 3 is 1.93 bits per heavy atom. The van der Waals surface area contributed by atoms with Crippen LogP contribution in [0.5, 0.6) is 5.75 Å². The highest BCUT2D eigenvalue weighted by Gasteiger charge is 2.29. The van der Waals surface area contributed by atoms with Gasteiger partial charge in [-0.2, -0.15) is 0 Å². The molecule has 1 unspecified atom stereocenters. The predicted octanol–water partition coefficient (Wildman–Crippen LogP) is 3.29. The van der Waals surface area contributed by atoms with Crippen molar-refractivity contribution in [2.45, 2.75) is 39.2 Å². The third kappa shape index (κ3) is 5.81. The van der Waals surface area contributed by atoms with Crippen LogP contribution in [0.2, 0.25) is 0 Å². The number of carbonyl (C=O) groups is 3. The van der Waals surface area contributed by atoms with Gasteiger partial charge in [-0.05, 0) is 74.7 Å². The van der Waals surface area contributed by atoms with Gasteiger partial charge in [0.25, 0.3) is 11.8 Å². The number of hydrogen-bond acceptors (Lipinski definition) is 4. The highest BCUT2D eigenvalue weighted by atomic mass is 16.5. The van der Waals surface area contributed by atoms with Gasteiger partial charge in [0.15, 0.2) is 0 Å². The molecule has 1 aliphatic carbocycles. The Hall–Kier alpha value is -3.35. The Bertz CT molecular complexity index is 874. The zero-order valence-corrected chi connectivity index (χ0v) is 16.5. The first kappa shape index (κ1) is 20.4. The first-order valence-corrected chi connectivity index (χ1v) is 9.74. The number of hydrazine groups is 1. The van der Waals surface area contributed by atoms with Gasteiger partial charge in [-0.15, -0.1) is 0 Å². The summed E-state index contributed by atoms with van der Waals surface area (Å²) in [5, 5.41) is 2.81. The molecule has 7 heteroatoms. The van der Waals surface area contributed by atoms with E-state index in [1.54, 1.807) is 48.5 Å². The summed E-state index contributed by atoms with van der Waals surface area (Å²) in [6.45, 7) is 4.01. The van der Waals surface area contributed by atoms with E-state index >= 15 is 0 Å². The van der Waals surface area contributed by atoms with Gasteiger partial charge in [0, 0.05) is 22.7 Å². The molecule has 3 N–H and O–H groups in total. The summed E-state index contributed by atoms with van der Waals surface area (Å²) >= 11 is 0. The first-order valence-electron chi connectivity index (χ1n) is 9.74. The zero-order chi connectivity index (χ0) is 20.8. The Balaban J connectivity index is 1.49. The topological polar surface area (TPSA) is 96.5 Å². The fourth-order valence-corrected chi connectivity index (χ4v) is 2.55. The van der Waals surface area contributed by atoms with E-state index in [0.29, 0.717) is 22.6 Å². The van der Waals surface area contributed by atoms with Crippen molar-refractivity contribution in [2.75, 3.05) is 5.32 Å². The summed E-state index contributed by atoms with van der Waals surface area (Å²) in [6.07, 6.45) is 2.85. The van der Waals surface area contributed by atoms with E-state index < -0.39 is 11.8 Å². The van der Waals surface area contributed by atoms with Crippen LogP contribution in [-0.2, 0) is 4.79 Å². The summed E-state index contributed by atoms with van der Waals surface area (Å²) in [4.78, 5) is 36.2. The molecule has 152 valence electrons. The van der Waals surface area contributed by atoms with Crippen molar-refractivity contribution in [1.82, 2.24) is 10.9 Å². The van der Waals surface area contributed by atoms with Crippen LogP contribution >= 0.6 is 0 Å². The number of anilines is 1. The largest absolute Gasteiger partial charge is 0.491 e. The highest BCUT2D eigenvalue weighted by Crippen LogP contribution is 2.30. The number of rotatable bonds is 7. The van der Waals surface area contributed by atoms with Gasteiger partial charge in [-0.3, -0.25) is 25.2 Å². The van der Waals surface area contributed by atoms with Gasteiger partial charge in [0.1, 0.15) is 5.75 Å². The molecule has 29 heavy (non-hydrogen) atoms. The van der Waals surface area contributed by atoms with Crippen molar-refractivity contribution in [3.63, 3.8) is 0 Å². The number of benzene rings is 2. The zero-order valence-electron chi connectivity index (χ0n) is 16.5. The third-order valence-corrected chi connectivity index (χ3v) is 4.68. The van der Waals surface area contributed by atoms with Gasteiger partial charge >= 0.3 is 0 Å². The maximum Gasteiger partial charge on any atom is 0.269 e. The number of hydrogen-bond donors (Lipinski definition) is 3. The lowest BCUT2D eigenvalue weighted by atomic mass is 10.2. The summed E-state index contributed by atoms with van der Waals surface area (Å²) in [6, 6.07) is 13.2. The molecule has 0 bridgehead atoms. The second-order valence-electron chi connectivity index (χ2n) is 7.11. The van der Waals surface area contributed by atoms with Crippen LogP contribution in [-0.4, -0.2) is 23.8 Å². The molecule has 0 spiro atoms. The molecule has 2 aromatic rings. The molecule has 0 aromatic heterocycles. The molecule has 0 aliphatic heterocycles. The number of amides is 3. The van der Waals surface area contributed by atoms with Gasteiger partial charge in [0.2, 0.25) is 5.91 Å². The van der Waals surface area contributed by atoms with Crippen LogP contribution in [0.1, 0.15) is 53.8 Å². The monoisotopic (exact) mass is 395 g/mol. The first-order chi connectivity index (χ1) is 14.0. The molecule has 1 atom stereocenters. The van der Waals surface area contributed by atoms with E-state index in [0.717, 1.165) is 19.3 Å². The van der Waals surface area contributed by atoms with E-state index in [1.807, 2.05) is 13.8 Å². The summed E-state index contributed by atoms with van der Waals surface area (Å²) in [7, 11) is 0. The second-order valence-corrected chi connectivity index (χ2v) is 7.11. The Morgan fingerprint density at radius 2 is 1.45 bits per heavy atom. The number of ether oxygens (including phenoxy) is 1. The van der Waals surface area contributed by atoms with Crippen molar-refractivity contribution in [3.05, 3.63) is 59.7 Å². The maximum atomic E-state index is 12.2. The van der Waals surface area contributed by atoms with Crippen LogP contribution in [0, 0.1) is 5.92 Å². The molecule has 1 saturated carbocycles. The standard InChI is InChI=1S/C22H25N3O4/c1-3-14(2)29-19-12-8-17(9-13-19)22(28)25-24-21(27)16-6-10-18(11-7-16)23-20(26)15-4-5-15/h6-15H,3-5H2,1-2H3,(H,23,26)(H,24,27)(H,25,28). The minimum atomic E-state index is -0.449. The molecule has 1 fully saturated rings. The maximum absolute atomic E-state index is 12.2. The third-order valence-electron chi connectivity index (χ3n) is 4.68. The van der Waals surface area contributed by atoms with E-state index in [1.165, 1.54) is 0 Å². The van der Waals surface area contributed by atoms with Crippen molar-refractivity contribution < 1.29 is 19.1 Å². The predicted molar refractivity (Wildman–Crippen MR) is 110 cm³/mol. The molecular formula is C22H25N3O4. The summed E-state index contributed by atoms with van der Waals surface area (Å²) < 4.78 is 5.68. The molecule has 3 rings (SSSR count). The van der Waals surface area contributed by atoms with E-state index in [9.17, 15) is 14.4 Å². The lowest BCUT2D eigenvalue weighted by Gasteiger charge is -2.13. The molecular weight excluding hydrogens is 370 g/mol. The smallest absolute Gasteiger partial charge is 0.269 e. The van der Waals surface area contributed by atoms with E-state index in [4.69, 9.17) is 4.74 Å². The molecule has 3 amide bonds. The SMILES string of the molecule is CCC(C)Oc1ccc(C(=O)NNC(=O)c2ccc(NC(=O)C3CC3)cc2)cc1. The Kier molecular flexibility index (Phi) is 6.49. The second kappa shape index (κ2) is 9.23. The molecule has 0 saturated heterocycles. The van der Waals surface area contributed by atoms with Crippen LogP contribution in [0.15, 0.2) is 48.5 Å². The average Bonchev–Trinajstić information content (AvgIpc) is 3.58. The van der Waals surface area contributed by atoms with Crippen molar-refractivity contribution in [3.8, 4) is 5.75 Å². The molecule has 7 nitrogen and oxygen atoms in total. The normalized spacial score (nSPS) is 13.9. The number of nitrogens with one attached hydrogen (secondary N) is 3. The lowest BCUT2D eigenvalue weighted by Crippen LogP contribution is -2.41. The molecule has 1 aliphatic rings. The lowest BCUT2D eigenvalue weighted by molar-refractivity contribution is -0.117. The van der Waals surface area contributed by atoms with E-state index in [2.05, 4.69) is 16.2 Å². The van der Waals surface area contributed by atoms with Crippen molar-refractivity contribution in [2.24, 2.45) is 5.92 Å². The van der Waals surface area contributed by atoms with Crippen molar-refractivity contribution >= 4 is 23.4 Å². The van der Waals surface area contributed by atoms with E-state index in [-0.39, 0.29) is 17.9 Å². The van der Waals surface area contributed by atoms with Crippen LogP contribution in [0.3, 0.4) is 0 Å². The Labute approximate surface area is 169 Å². The quantitative estimate of drug-likeness (QED) is 0.627. The van der Waals surface area contributed by atoms with Gasteiger partial charge < -0.3 is 10.1 Å². The Morgan fingerprint density at radius 1 is 0.931 bits per heavy atom. The van der Waals surface area contributed by atoms with Crippen LogP contribution in [0.4, 0.5) is 5.69 Å². The van der Waals surface area contributed by atoms with Gasteiger partial charge in [-0.25, -0.2) is 0 Å². The fraction of sp³-hybridized carbons (Fsp3) is 0.318. The summed E-state index contributed by atoms with van der Waals surface area (Å²) in [5.74, 6) is -0.0652. The summed E-state index contributed by atoms with van der Waals surface area (Å²) in [5.41, 5.74) is 6.19. The van der Waals surface area contributed by atoms with Crippen molar-refractivity contribution in [1.29, 1.82) is 0 Å². The molecule has 2 aromatic carbocycles. The minimum absolute atomic E-state index is 0.00929. The molecule has 0 heterocycles. The number of carbonyl (C=O) groups excluding carboxylic acids is 3. The minimum Gasteiger partial charge on any atom is -0.491 e.